The summed E-state index contributed by atoms with van der Waals surface area (Å²) in [6.45, 7) is 1.82. The molecule has 6 nitrogen and oxygen atoms in total. The van der Waals surface area contributed by atoms with Crippen LogP contribution in [0.1, 0.15) is 47.4 Å². The predicted octanol–water partition coefficient (Wildman–Crippen LogP) is 2.09. The maximum absolute atomic E-state index is 12.3. The van der Waals surface area contributed by atoms with Gasteiger partial charge in [0.1, 0.15) is 5.69 Å². The first-order valence-electron chi connectivity index (χ1n) is 9.23. The Labute approximate surface area is 148 Å². The van der Waals surface area contributed by atoms with E-state index in [0.29, 0.717) is 5.69 Å². The van der Waals surface area contributed by atoms with Crippen LogP contribution in [-0.2, 0) is 19.9 Å². The summed E-state index contributed by atoms with van der Waals surface area (Å²) in [6, 6.07) is 6.20. The van der Waals surface area contributed by atoms with Gasteiger partial charge in [-0.05, 0) is 62.3 Å². The number of carbonyl (C=O) groups is 1. The quantitative estimate of drug-likeness (QED) is 0.930. The van der Waals surface area contributed by atoms with Crippen LogP contribution in [0.4, 0.5) is 5.82 Å². The fourth-order valence-corrected chi connectivity index (χ4v) is 3.84. The molecule has 6 heteroatoms. The number of aryl methyl sites for hydroxylation is 3. The topological polar surface area (TPSA) is 63.1 Å². The van der Waals surface area contributed by atoms with Gasteiger partial charge in [0, 0.05) is 32.4 Å². The molecule has 1 amide bonds. The highest BCUT2D eigenvalue weighted by Crippen LogP contribution is 2.24. The number of amides is 1. The average Bonchev–Trinajstić information content (AvgIpc) is 3.08. The highest BCUT2D eigenvalue weighted by molar-refractivity contribution is 5.92. The molecule has 2 aliphatic rings. The van der Waals surface area contributed by atoms with Gasteiger partial charge in [-0.25, -0.2) is 0 Å². The van der Waals surface area contributed by atoms with Crippen LogP contribution in [0.3, 0.4) is 0 Å². The summed E-state index contributed by atoms with van der Waals surface area (Å²) >= 11 is 0. The molecular weight excluding hydrogens is 314 g/mol. The number of anilines is 1. The van der Waals surface area contributed by atoms with Crippen LogP contribution in [0.5, 0.6) is 0 Å². The van der Waals surface area contributed by atoms with Crippen LogP contribution in [0.25, 0.3) is 0 Å². The molecule has 2 aromatic heterocycles. The lowest BCUT2D eigenvalue weighted by Gasteiger charge is -2.33. The third-order valence-electron chi connectivity index (χ3n) is 5.39. The molecule has 2 aromatic rings. The molecule has 1 fully saturated rings. The molecule has 132 valence electrons. The largest absolute Gasteiger partial charge is 0.355 e. The van der Waals surface area contributed by atoms with Crippen molar-refractivity contribution in [2.45, 2.75) is 44.6 Å². The van der Waals surface area contributed by atoms with Crippen LogP contribution >= 0.6 is 0 Å². The van der Waals surface area contributed by atoms with E-state index in [1.807, 2.05) is 29.9 Å². The normalized spacial score (nSPS) is 18.0. The number of nitrogens with one attached hydrogen (secondary N) is 1. The molecule has 0 bridgehead atoms. The number of fused-ring (bicyclic) bond motifs is 1. The lowest BCUT2D eigenvalue weighted by molar-refractivity contribution is 0.0923. The maximum atomic E-state index is 12.3. The molecule has 1 aliphatic heterocycles. The van der Waals surface area contributed by atoms with Gasteiger partial charge in [0.2, 0.25) is 0 Å². The van der Waals surface area contributed by atoms with Crippen LogP contribution in [0.2, 0.25) is 0 Å². The molecule has 1 N–H and O–H groups in total. The first-order valence-corrected chi connectivity index (χ1v) is 9.23. The molecule has 0 saturated carbocycles. The van der Waals surface area contributed by atoms with Gasteiger partial charge in [0.05, 0.1) is 5.69 Å². The Morgan fingerprint density at radius 3 is 2.76 bits per heavy atom. The molecule has 1 saturated heterocycles. The number of hydrogen-bond donors (Lipinski definition) is 1. The second kappa shape index (κ2) is 6.86. The predicted molar refractivity (Wildman–Crippen MR) is 96.8 cm³/mol. The zero-order chi connectivity index (χ0) is 17.2. The zero-order valence-electron chi connectivity index (χ0n) is 14.7. The van der Waals surface area contributed by atoms with Crippen LogP contribution in [0.15, 0.2) is 24.4 Å². The summed E-state index contributed by atoms with van der Waals surface area (Å²) in [5, 5.41) is 12.0. The number of piperidine rings is 1. The van der Waals surface area contributed by atoms with E-state index in [9.17, 15) is 4.79 Å². The average molecular weight is 339 g/mol. The minimum atomic E-state index is 0.0134. The summed E-state index contributed by atoms with van der Waals surface area (Å²) in [6.07, 6.45) is 8.45. The number of nitrogens with zero attached hydrogens (tertiary/aromatic N) is 4. The molecule has 0 aromatic carbocycles. The molecular formula is C19H25N5O. The first kappa shape index (κ1) is 16.1. The molecule has 1 aliphatic carbocycles. The van der Waals surface area contributed by atoms with Crippen molar-refractivity contribution in [1.82, 2.24) is 20.1 Å². The number of hydrogen-bond acceptors (Lipinski definition) is 4. The Balaban J connectivity index is 1.35. The molecule has 3 heterocycles. The third-order valence-corrected chi connectivity index (χ3v) is 5.39. The Kier molecular flexibility index (Phi) is 4.42. The lowest BCUT2D eigenvalue weighted by Crippen LogP contribution is -2.45. The SMILES string of the molecule is Cn1cccc1C(=O)NC1CCN(c2cc3c(nn2)CCCC3)CC1. The van der Waals surface area contributed by atoms with Crippen molar-refractivity contribution >= 4 is 11.7 Å². The fourth-order valence-electron chi connectivity index (χ4n) is 3.84. The van der Waals surface area contributed by atoms with E-state index >= 15 is 0 Å². The van der Waals surface area contributed by atoms with Crippen molar-refractivity contribution in [3.8, 4) is 0 Å². The minimum absolute atomic E-state index is 0.0134. The van der Waals surface area contributed by atoms with Crippen LogP contribution in [-0.4, -0.2) is 39.8 Å². The molecule has 0 unspecified atom stereocenters. The fraction of sp³-hybridized carbons (Fsp3) is 0.526. The minimum Gasteiger partial charge on any atom is -0.355 e. The molecule has 0 spiro atoms. The molecule has 0 radical (unpaired) electrons. The van der Waals surface area contributed by atoms with Crippen LogP contribution in [0, 0.1) is 0 Å². The van der Waals surface area contributed by atoms with Gasteiger partial charge in [-0.3, -0.25) is 4.79 Å². The Morgan fingerprint density at radius 2 is 2.00 bits per heavy atom. The maximum Gasteiger partial charge on any atom is 0.268 e. The molecule has 25 heavy (non-hydrogen) atoms. The highest BCUT2D eigenvalue weighted by Gasteiger charge is 2.23. The van der Waals surface area contributed by atoms with E-state index in [1.165, 1.54) is 24.1 Å². The Morgan fingerprint density at radius 1 is 1.20 bits per heavy atom. The summed E-state index contributed by atoms with van der Waals surface area (Å²) in [7, 11) is 1.90. The van der Waals surface area contributed by atoms with Gasteiger partial charge in [-0.1, -0.05) is 0 Å². The van der Waals surface area contributed by atoms with Gasteiger partial charge in [0.15, 0.2) is 5.82 Å². The Hall–Kier alpha value is -2.37. The Bertz CT molecular complexity index is 761. The van der Waals surface area contributed by atoms with Crippen molar-refractivity contribution in [3.63, 3.8) is 0 Å². The molecule has 0 atom stereocenters. The second-order valence-corrected chi connectivity index (χ2v) is 7.12. The van der Waals surface area contributed by atoms with E-state index in [2.05, 4.69) is 26.5 Å². The molecule has 4 rings (SSSR count). The monoisotopic (exact) mass is 339 g/mol. The van der Waals surface area contributed by atoms with Gasteiger partial charge in [0.25, 0.3) is 5.91 Å². The third kappa shape index (κ3) is 3.38. The van der Waals surface area contributed by atoms with Crippen molar-refractivity contribution in [1.29, 1.82) is 0 Å². The zero-order valence-corrected chi connectivity index (χ0v) is 14.7. The van der Waals surface area contributed by atoms with E-state index in [4.69, 9.17) is 0 Å². The first-order chi connectivity index (χ1) is 12.2. The van der Waals surface area contributed by atoms with Crippen molar-refractivity contribution in [2.75, 3.05) is 18.0 Å². The lowest BCUT2D eigenvalue weighted by atomic mass is 9.96. The van der Waals surface area contributed by atoms with E-state index < -0.39 is 0 Å². The summed E-state index contributed by atoms with van der Waals surface area (Å²) < 4.78 is 1.85. The summed E-state index contributed by atoms with van der Waals surface area (Å²) in [5.74, 6) is 1.01. The number of aromatic nitrogens is 3. The van der Waals surface area contributed by atoms with Crippen molar-refractivity contribution in [3.05, 3.63) is 41.3 Å². The van der Waals surface area contributed by atoms with E-state index in [1.54, 1.807) is 0 Å². The van der Waals surface area contributed by atoms with E-state index in [-0.39, 0.29) is 11.9 Å². The highest BCUT2D eigenvalue weighted by atomic mass is 16.2. The smallest absolute Gasteiger partial charge is 0.268 e. The summed E-state index contributed by atoms with van der Waals surface area (Å²) in [4.78, 5) is 14.6. The van der Waals surface area contributed by atoms with Gasteiger partial charge < -0.3 is 14.8 Å². The van der Waals surface area contributed by atoms with Gasteiger partial charge in [-0.15, -0.1) is 5.10 Å². The van der Waals surface area contributed by atoms with Crippen molar-refractivity contribution in [2.24, 2.45) is 7.05 Å². The number of rotatable bonds is 3. The van der Waals surface area contributed by atoms with E-state index in [0.717, 1.165) is 44.6 Å². The standard InChI is InChI=1S/C19H25N5O/c1-23-10-4-7-17(23)19(25)20-15-8-11-24(12-9-15)18-13-14-5-2-3-6-16(14)21-22-18/h4,7,10,13,15H,2-3,5-6,8-9,11-12H2,1H3,(H,20,25). The second-order valence-electron chi connectivity index (χ2n) is 7.12. The van der Waals surface area contributed by atoms with Crippen molar-refractivity contribution < 1.29 is 4.79 Å². The van der Waals surface area contributed by atoms with Crippen LogP contribution < -0.4 is 10.2 Å². The number of carbonyl (C=O) groups excluding carboxylic acids is 1. The van der Waals surface area contributed by atoms with Gasteiger partial charge >= 0.3 is 0 Å². The van der Waals surface area contributed by atoms with Gasteiger partial charge in [-0.2, -0.15) is 5.10 Å². The summed E-state index contributed by atoms with van der Waals surface area (Å²) in [5.41, 5.74) is 3.26.